The van der Waals surface area contributed by atoms with E-state index < -0.39 is 0 Å². The van der Waals surface area contributed by atoms with Crippen LogP contribution in [0, 0.1) is 0 Å². The van der Waals surface area contributed by atoms with Gasteiger partial charge in [0.05, 0.1) is 5.56 Å². The molecule has 4 nitrogen and oxygen atoms in total. The number of fused-ring (bicyclic) bond motifs is 1. The van der Waals surface area contributed by atoms with Gasteiger partial charge in [-0.2, -0.15) is 0 Å². The molecule has 0 saturated carbocycles. The molecule has 4 heteroatoms. The molecule has 1 amide bonds. The lowest BCUT2D eigenvalue weighted by Gasteiger charge is -2.29. The fourth-order valence-electron chi connectivity index (χ4n) is 2.73. The van der Waals surface area contributed by atoms with Crippen molar-refractivity contribution < 1.29 is 4.79 Å². The number of pyridine rings is 1. The van der Waals surface area contributed by atoms with Gasteiger partial charge < -0.3 is 10.2 Å². The summed E-state index contributed by atoms with van der Waals surface area (Å²) < 4.78 is 0. The van der Waals surface area contributed by atoms with Crippen LogP contribution in [0.1, 0.15) is 28.4 Å². The van der Waals surface area contributed by atoms with Gasteiger partial charge in [-0.1, -0.05) is 24.3 Å². The quantitative estimate of drug-likeness (QED) is 0.941. The van der Waals surface area contributed by atoms with Crippen LogP contribution in [-0.4, -0.2) is 28.9 Å². The molecular weight excluding hydrogens is 262 g/mol. The number of carbonyl (C=O) groups is 1. The van der Waals surface area contributed by atoms with Gasteiger partial charge in [0.15, 0.2) is 0 Å². The number of nitrogens with zero attached hydrogens (tertiary/aromatic N) is 2. The summed E-state index contributed by atoms with van der Waals surface area (Å²) in [6.45, 7) is 4.19. The molecule has 0 radical (unpaired) electrons. The van der Waals surface area contributed by atoms with Gasteiger partial charge in [-0.05, 0) is 36.6 Å². The molecule has 0 aliphatic carbocycles. The number of nitrogens with one attached hydrogen (secondary N) is 1. The van der Waals surface area contributed by atoms with Crippen LogP contribution in [0.25, 0.3) is 0 Å². The SMILES string of the molecule is CCNc1ncccc1C(=O)N1CCc2ccccc2C1. The number of amides is 1. The third kappa shape index (κ3) is 2.75. The lowest BCUT2D eigenvalue weighted by atomic mass is 9.99. The molecule has 1 aromatic heterocycles. The van der Waals surface area contributed by atoms with Crippen LogP contribution in [0.4, 0.5) is 5.82 Å². The van der Waals surface area contributed by atoms with Crippen molar-refractivity contribution in [3.8, 4) is 0 Å². The van der Waals surface area contributed by atoms with Crippen molar-refractivity contribution in [2.45, 2.75) is 19.9 Å². The zero-order valence-electron chi connectivity index (χ0n) is 12.2. The van der Waals surface area contributed by atoms with E-state index >= 15 is 0 Å². The predicted molar refractivity (Wildman–Crippen MR) is 83.3 cm³/mol. The number of carbonyl (C=O) groups excluding carboxylic acids is 1. The van der Waals surface area contributed by atoms with Gasteiger partial charge in [0, 0.05) is 25.8 Å². The smallest absolute Gasteiger partial charge is 0.257 e. The highest BCUT2D eigenvalue weighted by Gasteiger charge is 2.23. The normalized spacial score (nSPS) is 13.7. The maximum Gasteiger partial charge on any atom is 0.257 e. The second-order valence-corrected chi connectivity index (χ2v) is 5.18. The van der Waals surface area contributed by atoms with E-state index in [1.54, 1.807) is 6.20 Å². The molecule has 1 N–H and O–H groups in total. The summed E-state index contributed by atoms with van der Waals surface area (Å²) in [6.07, 6.45) is 2.62. The molecule has 0 unspecified atom stereocenters. The monoisotopic (exact) mass is 281 g/mol. The summed E-state index contributed by atoms with van der Waals surface area (Å²) in [4.78, 5) is 18.9. The molecule has 0 bridgehead atoms. The third-order valence-corrected chi connectivity index (χ3v) is 3.80. The topological polar surface area (TPSA) is 45.2 Å². The molecular formula is C17H19N3O. The van der Waals surface area contributed by atoms with E-state index in [-0.39, 0.29) is 5.91 Å². The Morgan fingerprint density at radius 2 is 2.05 bits per heavy atom. The van der Waals surface area contributed by atoms with Crippen LogP contribution in [0.3, 0.4) is 0 Å². The summed E-state index contributed by atoms with van der Waals surface area (Å²) in [6, 6.07) is 12.0. The first-order valence-electron chi connectivity index (χ1n) is 7.34. The molecule has 0 spiro atoms. The van der Waals surface area contributed by atoms with Crippen molar-refractivity contribution in [3.63, 3.8) is 0 Å². The Hall–Kier alpha value is -2.36. The first kappa shape index (κ1) is 13.6. The van der Waals surface area contributed by atoms with E-state index in [2.05, 4.69) is 28.5 Å². The molecule has 1 aliphatic rings. The Morgan fingerprint density at radius 1 is 1.24 bits per heavy atom. The number of hydrogen-bond donors (Lipinski definition) is 1. The molecule has 108 valence electrons. The first-order valence-corrected chi connectivity index (χ1v) is 7.34. The molecule has 0 atom stereocenters. The van der Waals surface area contributed by atoms with Crippen LogP contribution in [0.2, 0.25) is 0 Å². The maximum atomic E-state index is 12.8. The summed E-state index contributed by atoms with van der Waals surface area (Å²) in [7, 11) is 0. The van der Waals surface area contributed by atoms with E-state index in [4.69, 9.17) is 0 Å². The molecule has 21 heavy (non-hydrogen) atoms. The van der Waals surface area contributed by atoms with Gasteiger partial charge in [-0.25, -0.2) is 4.98 Å². The highest BCUT2D eigenvalue weighted by molar-refractivity contribution is 5.98. The van der Waals surface area contributed by atoms with E-state index in [9.17, 15) is 4.79 Å². The largest absolute Gasteiger partial charge is 0.370 e. The van der Waals surface area contributed by atoms with Crippen LogP contribution in [-0.2, 0) is 13.0 Å². The lowest BCUT2D eigenvalue weighted by molar-refractivity contribution is 0.0735. The molecule has 2 aromatic rings. The zero-order valence-corrected chi connectivity index (χ0v) is 12.2. The summed E-state index contributed by atoms with van der Waals surface area (Å²) in [5.41, 5.74) is 3.24. The van der Waals surface area contributed by atoms with Crippen molar-refractivity contribution in [1.82, 2.24) is 9.88 Å². The minimum Gasteiger partial charge on any atom is -0.370 e. The summed E-state index contributed by atoms with van der Waals surface area (Å²) in [5.74, 6) is 0.720. The highest BCUT2D eigenvalue weighted by Crippen LogP contribution is 2.22. The molecule has 2 heterocycles. The first-order chi connectivity index (χ1) is 10.3. The van der Waals surface area contributed by atoms with Gasteiger partial charge in [0.2, 0.25) is 0 Å². The van der Waals surface area contributed by atoms with Gasteiger partial charge in [0.25, 0.3) is 5.91 Å². The second kappa shape index (κ2) is 5.95. The van der Waals surface area contributed by atoms with Crippen LogP contribution in [0.5, 0.6) is 0 Å². The van der Waals surface area contributed by atoms with Gasteiger partial charge in [-0.3, -0.25) is 4.79 Å². The van der Waals surface area contributed by atoms with Gasteiger partial charge >= 0.3 is 0 Å². The Balaban J connectivity index is 1.84. The van der Waals surface area contributed by atoms with Crippen molar-refractivity contribution in [2.24, 2.45) is 0 Å². The number of benzene rings is 1. The molecule has 1 aromatic carbocycles. The molecule has 0 saturated heterocycles. The Morgan fingerprint density at radius 3 is 2.86 bits per heavy atom. The number of rotatable bonds is 3. The van der Waals surface area contributed by atoms with Gasteiger partial charge in [-0.15, -0.1) is 0 Å². The van der Waals surface area contributed by atoms with Crippen molar-refractivity contribution >= 4 is 11.7 Å². The average molecular weight is 281 g/mol. The molecule has 3 rings (SSSR count). The van der Waals surface area contributed by atoms with E-state index in [1.165, 1.54) is 11.1 Å². The van der Waals surface area contributed by atoms with Crippen molar-refractivity contribution in [1.29, 1.82) is 0 Å². The lowest BCUT2D eigenvalue weighted by Crippen LogP contribution is -2.36. The van der Waals surface area contributed by atoms with Crippen molar-refractivity contribution in [3.05, 3.63) is 59.3 Å². The molecule has 1 aliphatic heterocycles. The minimum absolute atomic E-state index is 0.0496. The fourth-order valence-corrected chi connectivity index (χ4v) is 2.73. The van der Waals surface area contributed by atoms with Crippen LogP contribution >= 0.6 is 0 Å². The fraction of sp³-hybridized carbons (Fsp3) is 0.294. The average Bonchev–Trinajstić information content (AvgIpc) is 2.54. The third-order valence-electron chi connectivity index (χ3n) is 3.80. The van der Waals surface area contributed by atoms with Crippen molar-refractivity contribution in [2.75, 3.05) is 18.4 Å². The number of anilines is 1. The van der Waals surface area contributed by atoms with E-state index in [1.807, 2.05) is 30.0 Å². The zero-order chi connectivity index (χ0) is 14.7. The Labute approximate surface area is 124 Å². The maximum absolute atomic E-state index is 12.8. The van der Waals surface area contributed by atoms with E-state index in [0.29, 0.717) is 17.9 Å². The van der Waals surface area contributed by atoms with Crippen LogP contribution < -0.4 is 5.32 Å². The van der Waals surface area contributed by atoms with Crippen LogP contribution in [0.15, 0.2) is 42.6 Å². The highest BCUT2D eigenvalue weighted by atomic mass is 16.2. The standard InChI is InChI=1S/C17H19N3O/c1-2-18-16-15(8-5-10-19-16)17(21)20-11-9-13-6-3-4-7-14(13)12-20/h3-8,10H,2,9,11-12H2,1H3,(H,18,19). The summed E-state index contributed by atoms with van der Waals surface area (Å²) in [5, 5.41) is 3.16. The number of aromatic nitrogens is 1. The predicted octanol–water partition coefficient (Wildman–Crippen LogP) is 2.71. The number of hydrogen-bond acceptors (Lipinski definition) is 3. The van der Waals surface area contributed by atoms with E-state index in [0.717, 1.165) is 19.5 Å². The minimum atomic E-state index is 0.0496. The second-order valence-electron chi connectivity index (χ2n) is 5.18. The molecule has 0 fully saturated rings. The summed E-state index contributed by atoms with van der Waals surface area (Å²) >= 11 is 0. The van der Waals surface area contributed by atoms with Gasteiger partial charge in [0.1, 0.15) is 5.82 Å². The Kier molecular flexibility index (Phi) is 3.86. The Bertz CT molecular complexity index is 654.